The van der Waals surface area contributed by atoms with Crippen LogP contribution in [0.1, 0.15) is 26.3 Å². The summed E-state index contributed by atoms with van der Waals surface area (Å²) >= 11 is 0. The lowest BCUT2D eigenvalue weighted by Gasteiger charge is -2.16. The Labute approximate surface area is 111 Å². The van der Waals surface area contributed by atoms with E-state index in [0.717, 1.165) is 5.56 Å². The van der Waals surface area contributed by atoms with Crippen LogP contribution in [0.15, 0.2) is 29.5 Å². The lowest BCUT2D eigenvalue weighted by molar-refractivity contribution is 0.340. The Balaban J connectivity index is 2.29. The molecular formula is C13H18N4O2. The number of nitrogens with zero attached hydrogens (tertiary/aromatic N) is 4. The van der Waals surface area contributed by atoms with Crippen molar-refractivity contribution >= 4 is 0 Å². The van der Waals surface area contributed by atoms with Gasteiger partial charge in [0, 0.05) is 12.3 Å². The van der Waals surface area contributed by atoms with Crippen molar-refractivity contribution in [3.05, 3.63) is 40.7 Å². The van der Waals surface area contributed by atoms with E-state index in [4.69, 9.17) is 4.74 Å². The van der Waals surface area contributed by atoms with E-state index in [1.807, 2.05) is 26.8 Å². The third-order valence-electron chi connectivity index (χ3n) is 2.73. The van der Waals surface area contributed by atoms with Gasteiger partial charge in [-0.1, -0.05) is 0 Å². The van der Waals surface area contributed by atoms with Gasteiger partial charge in [-0.3, -0.25) is 4.57 Å². The van der Waals surface area contributed by atoms with Crippen molar-refractivity contribution in [3.8, 4) is 5.88 Å². The molecule has 0 amide bonds. The Morgan fingerprint density at radius 1 is 1.37 bits per heavy atom. The van der Waals surface area contributed by atoms with Gasteiger partial charge in [-0.05, 0) is 32.4 Å². The lowest BCUT2D eigenvalue weighted by atomic mass is 10.1. The zero-order valence-corrected chi connectivity index (χ0v) is 11.6. The second-order valence-corrected chi connectivity index (χ2v) is 5.33. The van der Waals surface area contributed by atoms with Gasteiger partial charge in [0.2, 0.25) is 5.88 Å². The monoisotopic (exact) mass is 262 g/mol. The molecular weight excluding hydrogens is 244 g/mol. The summed E-state index contributed by atoms with van der Waals surface area (Å²) in [5.41, 5.74) is 0.504. The van der Waals surface area contributed by atoms with Crippen LogP contribution >= 0.6 is 0 Å². The minimum absolute atomic E-state index is 0.122. The van der Waals surface area contributed by atoms with E-state index in [2.05, 4.69) is 10.1 Å². The van der Waals surface area contributed by atoms with E-state index >= 15 is 0 Å². The molecule has 2 heterocycles. The topological polar surface area (TPSA) is 61.9 Å². The third kappa shape index (κ3) is 2.83. The second-order valence-electron chi connectivity index (χ2n) is 5.33. The van der Waals surface area contributed by atoms with E-state index in [1.165, 1.54) is 4.68 Å². The summed E-state index contributed by atoms with van der Waals surface area (Å²) in [6.07, 6.45) is 3.22. The summed E-state index contributed by atoms with van der Waals surface area (Å²) in [4.78, 5) is 16.2. The molecule has 0 saturated heterocycles. The number of aromatic nitrogens is 4. The van der Waals surface area contributed by atoms with E-state index in [-0.39, 0.29) is 11.2 Å². The SMILES string of the molecule is COc1cc(Cn2cnn(C(C)(C)C)c2=O)ccn1. The highest BCUT2D eigenvalue weighted by atomic mass is 16.5. The Kier molecular flexibility index (Phi) is 3.42. The summed E-state index contributed by atoms with van der Waals surface area (Å²) in [6.45, 7) is 6.29. The molecule has 6 nitrogen and oxygen atoms in total. The summed E-state index contributed by atoms with van der Waals surface area (Å²) in [7, 11) is 1.57. The van der Waals surface area contributed by atoms with Gasteiger partial charge in [0.05, 0.1) is 19.2 Å². The van der Waals surface area contributed by atoms with E-state index in [9.17, 15) is 4.79 Å². The van der Waals surface area contributed by atoms with Crippen molar-refractivity contribution in [2.24, 2.45) is 0 Å². The van der Waals surface area contributed by atoms with Crippen molar-refractivity contribution in [3.63, 3.8) is 0 Å². The maximum atomic E-state index is 12.2. The molecule has 6 heteroatoms. The van der Waals surface area contributed by atoms with Crippen LogP contribution in [0.3, 0.4) is 0 Å². The maximum Gasteiger partial charge on any atom is 0.346 e. The molecule has 0 spiro atoms. The van der Waals surface area contributed by atoms with Gasteiger partial charge < -0.3 is 4.74 Å². The molecule has 0 aliphatic heterocycles. The van der Waals surface area contributed by atoms with Crippen molar-refractivity contribution in [2.45, 2.75) is 32.9 Å². The van der Waals surface area contributed by atoms with Gasteiger partial charge in [0.25, 0.3) is 0 Å². The number of ether oxygens (including phenoxy) is 1. The molecule has 0 N–H and O–H groups in total. The van der Waals surface area contributed by atoms with Gasteiger partial charge in [-0.15, -0.1) is 0 Å². The van der Waals surface area contributed by atoms with Gasteiger partial charge in [0.1, 0.15) is 6.33 Å². The van der Waals surface area contributed by atoms with Crippen molar-refractivity contribution in [1.29, 1.82) is 0 Å². The van der Waals surface area contributed by atoms with Gasteiger partial charge in [-0.2, -0.15) is 5.10 Å². The Morgan fingerprint density at radius 3 is 2.68 bits per heavy atom. The lowest BCUT2D eigenvalue weighted by Crippen LogP contribution is -2.35. The molecule has 19 heavy (non-hydrogen) atoms. The van der Waals surface area contributed by atoms with Crippen LogP contribution in [-0.2, 0) is 12.1 Å². The molecule has 2 rings (SSSR count). The average molecular weight is 262 g/mol. The smallest absolute Gasteiger partial charge is 0.346 e. The van der Waals surface area contributed by atoms with Crippen molar-refractivity contribution < 1.29 is 4.74 Å². The third-order valence-corrected chi connectivity index (χ3v) is 2.73. The van der Waals surface area contributed by atoms with Crippen molar-refractivity contribution in [2.75, 3.05) is 7.11 Å². The summed E-state index contributed by atoms with van der Waals surface area (Å²) in [5.74, 6) is 0.536. The first-order chi connectivity index (χ1) is 8.91. The normalized spacial score (nSPS) is 11.6. The first-order valence-corrected chi connectivity index (χ1v) is 6.05. The highest BCUT2D eigenvalue weighted by molar-refractivity contribution is 5.20. The van der Waals surface area contributed by atoms with Crippen molar-refractivity contribution in [1.82, 2.24) is 19.3 Å². The molecule has 0 aliphatic rings. The van der Waals surface area contributed by atoms with Crippen LogP contribution in [0.5, 0.6) is 5.88 Å². The fraction of sp³-hybridized carbons (Fsp3) is 0.462. The number of hydrogen-bond acceptors (Lipinski definition) is 4. The summed E-state index contributed by atoms with van der Waals surface area (Å²) < 4.78 is 8.11. The van der Waals surface area contributed by atoms with Crippen LogP contribution in [0, 0.1) is 0 Å². The predicted octanol–water partition coefficient (Wildman–Crippen LogP) is 1.25. The zero-order chi connectivity index (χ0) is 14.0. The standard InChI is InChI=1S/C13H18N4O2/c1-13(2,3)17-12(18)16(9-15-17)8-10-5-6-14-11(7-10)19-4/h5-7,9H,8H2,1-4H3. The Hall–Kier alpha value is -2.11. The number of methoxy groups -OCH3 is 1. The summed E-state index contributed by atoms with van der Waals surface area (Å²) in [5, 5.41) is 4.15. The minimum Gasteiger partial charge on any atom is -0.481 e. The van der Waals surface area contributed by atoms with E-state index in [1.54, 1.807) is 30.3 Å². The van der Waals surface area contributed by atoms with E-state index in [0.29, 0.717) is 12.4 Å². The first-order valence-electron chi connectivity index (χ1n) is 6.05. The fourth-order valence-corrected chi connectivity index (χ4v) is 1.76. The molecule has 0 saturated carbocycles. The fourth-order valence-electron chi connectivity index (χ4n) is 1.76. The number of rotatable bonds is 3. The predicted molar refractivity (Wildman–Crippen MR) is 71.4 cm³/mol. The summed E-state index contributed by atoms with van der Waals surface area (Å²) in [6, 6.07) is 3.66. The minimum atomic E-state index is -0.321. The van der Waals surface area contributed by atoms with Gasteiger partial charge in [-0.25, -0.2) is 14.5 Å². The first kappa shape index (κ1) is 13.3. The molecule has 2 aromatic heterocycles. The molecule has 0 bridgehead atoms. The molecule has 0 atom stereocenters. The molecule has 0 aromatic carbocycles. The highest BCUT2D eigenvalue weighted by Crippen LogP contribution is 2.11. The zero-order valence-electron chi connectivity index (χ0n) is 11.6. The number of pyridine rings is 1. The molecule has 0 aliphatic carbocycles. The Bertz CT molecular complexity index is 622. The quantitative estimate of drug-likeness (QED) is 0.835. The number of hydrogen-bond donors (Lipinski definition) is 0. The molecule has 102 valence electrons. The van der Waals surface area contributed by atoms with Crippen LogP contribution in [0.25, 0.3) is 0 Å². The van der Waals surface area contributed by atoms with Gasteiger partial charge in [0.15, 0.2) is 0 Å². The molecule has 0 fully saturated rings. The molecule has 2 aromatic rings. The van der Waals surface area contributed by atoms with Crippen LogP contribution in [0.2, 0.25) is 0 Å². The highest BCUT2D eigenvalue weighted by Gasteiger charge is 2.18. The molecule has 0 unspecified atom stereocenters. The molecule has 0 radical (unpaired) electrons. The van der Waals surface area contributed by atoms with Crippen LogP contribution in [0.4, 0.5) is 0 Å². The largest absolute Gasteiger partial charge is 0.481 e. The van der Waals surface area contributed by atoms with Crippen LogP contribution in [-0.4, -0.2) is 26.4 Å². The van der Waals surface area contributed by atoms with E-state index < -0.39 is 0 Å². The maximum absolute atomic E-state index is 12.2. The average Bonchev–Trinajstić information content (AvgIpc) is 2.71. The van der Waals surface area contributed by atoms with Gasteiger partial charge >= 0.3 is 5.69 Å². The second kappa shape index (κ2) is 4.87. The Morgan fingerprint density at radius 2 is 2.11 bits per heavy atom. The van der Waals surface area contributed by atoms with Crippen LogP contribution < -0.4 is 10.4 Å².